The third-order valence-electron chi connectivity index (χ3n) is 3.09. The lowest BCUT2D eigenvalue weighted by atomic mass is 10.2. The summed E-state index contributed by atoms with van der Waals surface area (Å²) in [5, 5.41) is 11.2. The van der Waals surface area contributed by atoms with Crippen LogP contribution in [0, 0.1) is 11.6 Å². The molecule has 7 heteroatoms. The molecule has 1 atom stereocenters. The van der Waals surface area contributed by atoms with Crippen LogP contribution in [0.5, 0.6) is 0 Å². The molecule has 0 bridgehead atoms. The third kappa shape index (κ3) is 2.96. The van der Waals surface area contributed by atoms with Gasteiger partial charge < -0.3 is 15.3 Å². The van der Waals surface area contributed by atoms with E-state index in [-0.39, 0.29) is 17.7 Å². The maximum absolute atomic E-state index is 13.5. The molecule has 1 aliphatic heterocycles. The zero-order chi connectivity index (χ0) is 14.0. The van der Waals surface area contributed by atoms with Crippen LogP contribution < -0.4 is 5.32 Å². The Morgan fingerprint density at radius 1 is 1.47 bits per heavy atom. The third-order valence-corrected chi connectivity index (χ3v) is 3.31. The van der Waals surface area contributed by atoms with Crippen molar-refractivity contribution in [2.24, 2.45) is 0 Å². The molecule has 0 aromatic heterocycles. The van der Waals surface area contributed by atoms with Crippen molar-refractivity contribution in [2.45, 2.75) is 18.9 Å². The number of carbonyl (C=O) groups is 1. The number of urea groups is 1. The molecule has 0 radical (unpaired) electrons. The Kier molecular flexibility index (Phi) is 4.21. The summed E-state index contributed by atoms with van der Waals surface area (Å²) in [5.74, 6) is -1.86. The highest BCUT2D eigenvalue weighted by atomic mass is 35.5. The van der Waals surface area contributed by atoms with E-state index in [2.05, 4.69) is 5.32 Å². The number of hydrogen-bond donors (Lipinski definition) is 2. The van der Waals surface area contributed by atoms with E-state index in [0.29, 0.717) is 13.0 Å². The van der Waals surface area contributed by atoms with Gasteiger partial charge in [0, 0.05) is 11.6 Å². The highest BCUT2D eigenvalue weighted by Crippen LogP contribution is 2.25. The number of nitrogens with zero attached hydrogens (tertiary/aromatic N) is 1. The van der Waals surface area contributed by atoms with Crippen molar-refractivity contribution >= 4 is 23.3 Å². The summed E-state index contributed by atoms with van der Waals surface area (Å²) in [6.07, 6.45) is 1.43. The molecule has 0 aliphatic carbocycles. The molecule has 2 N–H and O–H groups in total. The molecule has 1 saturated heterocycles. The summed E-state index contributed by atoms with van der Waals surface area (Å²) < 4.78 is 27.1. The summed E-state index contributed by atoms with van der Waals surface area (Å²) in [5.41, 5.74) is -0.530. The molecule has 0 spiro atoms. The fourth-order valence-corrected chi connectivity index (χ4v) is 2.32. The zero-order valence-corrected chi connectivity index (χ0v) is 10.8. The van der Waals surface area contributed by atoms with E-state index in [4.69, 9.17) is 16.7 Å². The molecule has 2 amide bonds. The number of anilines is 1. The molecule has 1 aliphatic rings. The van der Waals surface area contributed by atoms with Gasteiger partial charge in [-0.2, -0.15) is 0 Å². The van der Waals surface area contributed by atoms with E-state index >= 15 is 0 Å². The molecular formula is C12H13ClF2N2O2. The Labute approximate surface area is 114 Å². The normalized spacial score (nSPS) is 18.7. The molecule has 1 aromatic rings. The summed E-state index contributed by atoms with van der Waals surface area (Å²) in [6.45, 7) is 0.285. The van der Waals surface area contributed by atoms with Crippen LogP contribution in [-0.2, 0) is 0 Å². The first-order valence-electron chi connectivity index (χ1n) is 5.86. The van der Waals surface area contributed by atoms with Crippen molar-refractivity contribution in [3.63, 3.8) is 0 Å². The topological polar surface area (TPSA) is 52.6 Å². The van der Waals surface area contributed by atoms with E-state index in [0.717, 1.165) is 18.6 Å². The smallest absolute Gasteiger partial charge is 0.322 e. The predicted octanol–water partition coefficient (Wildman–Crippen LogP) is 2.61. The molecule has 1 aromatic carbocycles. The minimum Gasteiger partial charge on any atom is -0.394 e. The van der Waals surface area contributed by atoms with E-state index in [1.54, 1.807) is 0 Å². The second-order valence-electron chi connectivity index (χ2n) is 4.35. The summed E-state index contributed by atoms with van der Waals surface area (Å²) in [7, 11) is 0. The lowest BCUT2D eigenvalue weighted by Gasteiger charge is -2.23. The van der Waals surface area contributed by atoms with Gasteiger partial charge in [0.25, 0.3) is 0 Å². The number of hydrogen-bond acceptors (Lipinski definition) is 2. The van der Waals surface area contributed by atoms with Gasteiger partial charge in [-0.05, 0) is 25.0 Å². The van der Waals surface area contributed by atoms with Crippen molar-refractivity contribution in [3.8, 4) is 0 Å². The minimum absolute atomic E-state index is 0.0811. The van der Waals surface area contributed by atoms with Gasteiger partial charge in [0.1, 0.15) is 5.69 Å². The van der Waals surface area contributed by atoms with E-state index in [9.17, 15) is 13.6 Å². The quantitative estimate of drug-likeness (QED) is 0.880. The standard InChI is InChI=1S/C12H13ClF2N2O2/c13-7-4-9(14)11(10(15)5-7)16-12(19)17-3-1-2-8(17)6-18/h4-5,8,18H,1-3,6H2,(H,16,19)/t8-/m1/s1. The van der Waals surface area contributed by atoms with Gasteiger partial charge in [0.2, 0.25) is 0 Å². The first-order chi connectivity index (χ1) is 9.02. The molecule has 4 nitrogen and oxygen atoms in total. The van der Waals surface area contributed by atoms with Crippen molar-refractivity contribution in [2.75, 3.05) is 18.5 Å². The Bertz CT molecular complexity index is 476. The first-order valence-corrected chi connectivity index (χ1v) is 6.23. The molecule has 1 fully saturated rings. The monoisotopic (exact) mass is 290 g/mol. The summed E-state index contributed by atoms with van der Waals surface area (Å²) >= 11 is 5.50. The van der Waals surface area contributed by atoms with Gasteiger partial charge in [0.05, 0.1) is 12.6 Å². The number of likely N-dealkylation sites (tertiary alicyclic amines) is 1. The predicted molar refractivity (Wildman–Crippen MR) is 67.2 cm³/mol. The van der Waals surface area contributed by atoms with Crippen LogP contribution in [0.25, 0.3) is 0 Å². The number of amides is 2. The number of halogens is 3. The lowest BCUT2D eigenvalue weighted by Crippen LogP contribution is -2.40. The average molecular weight is 291 g/mol. The van der Waals surface area contributed by atoms with Crippen LogP contribution in [0.2, 0.25) is 5.02 Å². The fraction of sp³-hybridized carbons (Fsp3) is 0.417. The average Bonchev–Trinajstić information content (AvgIpc) is 2.81. The molecule has 0 unspecified atom stereocenters. The number of aliphatic hydroxyl groups is 1. The Hall–Kier alpha value is -1.40. The molecule has 19 heavy (non-hydrogen) atoms. The second-order valence-corrected chi connectivity index (χ2v) is 4.78. The first kappa shape index (κ1) is 14.0. The van der Waals surface area contributed by atoms with Crippen LogP contribution in [0.3, 0.4) is 0 Å². The second kappa shape index (κ2) is 5.71. The minimum atomic E-state index is -0.932. The van der Waals surface area contributed by atoms with Crippen LogP contribution in [0.15, 0.2) is 12.1 Å². The van der Waals surface area contributed by atoms with Gasteiger partial charge in [-0.3, -0.25) is 0 Å². The number of aliphatic hydroxyl groups excluding tert-OH is 1. The highest BCUT2D eigenvalue weighted by Gasteiger charge is 2.29. The maximum atomic E-state index is 13.5. The molecule has 0 saturated carbocycles. The molecular weight excluding hydrogens is 278 g/mol. The van der Waals surface area contributed by atoms with E-state index < -0.39 is 23.4 Å². The summed E-state index contributed by atoms with van der Waals surface area (Å²) in [4.78, 5) is 13.3. The van der Waals surface area contributed by atoms with Crippen molar-refractivity contribution in [3.05, 3.63) is 28.8 Å². The largest absolute Gasteiger partial charge is 0.394 e. The van der Waals surface area contributed by atoms with Crippen molar-refractivity contribution in [1.82, 2.24) is 4.90 Å². The molecule has 104 valence electrons. The number of nitrogens with one attached hydrogen (secondary N) is 1. The number of benzene rings is 1. The van der Waals surface area contributed by atoms with Crippen molar-refractivity contribution in [1.29, 1.82) is 0 Å². The van der Waals surface area contributed by atoms with Crippen LogP contribution in [0.4, 0.5) is 19.3 Å². The van der Waals surface area contributed by atoms with Gasteiger partial charge in [-0.1, -0.05) is 11.6 Å². The van der Waals surface area contributed by atoms with Gasteiger partial charge in [-0.15, -0.1) is 0 Å². The summed E-state index contributed by atoms with van der Waals surface area (Å²) in [6, 6.07) is 0.914. The number of rotatable bonds is 2. The lowest BCUT2D eigenvalue weighted by molar-refractivity contribution is 0.166. The van der Waals surface area contributed by atoms with Gasteiger partial charge >= 0.3 is 6.03 Å². The molecule has 1 heterocycles. The highest BCUT2D eigenvalue weighted by molar-refractivity contribution is 6.30. The van der Waals surface area contributed by atoms with Crippen LogP contribution in [-0.4, -0.2) is 35.2 Å². The van der Waals surface area contributed by atoms with Gasteiger partial charge in [-0.25, -0.2) is 13.6 Å². The zero-order valence-electron chi connectivity index (χ0n) is 10.00. The Morgan fingerprint density at radius 2 is 2.11 bits per heavy atom. The van der Waals surface area contributed by atoms with E-state index in [1.807, 2.05) is 0 Å². The van der Waals surface area contributed by atoms with Crippen LogP contribution in [0.1, 0.15) is 12.8 Å². The number of carbonyl (C=O) groups excluding carboxylic acids is 1. The maximum Gasteiger partial charge on any atom is 0.322 e. The Balaban J connectivity index is 2.15. The van der Waals surface area contributed by atoms with Crippen LogP contribution >= 0.6 is 11.6 Å². The van der Waals surface area contributed by atoms with Crippen molar-refractivity contribution < 1.29 is 18.7 Å². The Morgan fingerprint density at radius 3 is 2.68 bits per heavy atom. The van der Waals surface area contributed by atoms with Gasteiger partial charge in [0.15, 0.2) is 11.6 Å². The SMILES string of the molecule is O=C(Nc1c(F)cc(Cl)cc1F)N1CCC[C@@H]1CO. The molecule has 2 rings (SSSR count). The van der Waals surface area contributed by atoms with E-state index in [1.165, 1.54) is 4.90 Å². The fourth-order valence-electron chi connectivity index (χ4n) is 2.13.